The summed E-state index contributed by atoms with van der Waals surface area (Å²) in [6.45, 7) is 10.4. The van der Waals surface area contributed by atoms with Crippen molar-refractivity contribution in [2.75, 3.05) is 13.1 Å². The molecule has 1 amide bonds. The molecule has 0 radical (unpaired) electrons. The predicted octanol–water partition coefficient (Wildman–Crippen LogP) is 6.93. The molecule has 0 aromatic rings. The number of aliphatic hydroxyl groups is 1. The number of nitrogens with zero attached hydrogens (tertiary/aromatic N) is 1. The quantitative estimate of drug-likeness (QED) is 0.340. The Balaban J connectivity index is 1.41. The van der Waals surface area contributed by atoms with Gasteiger partial charge in [0.05, 0.1) is 5.60 Å². The molecule has 4 heteroatoms. The molecule has 0 aromatic carbocycles. The molecule has 0 aromatic heterocycles. The van der Waals surface area contributed by atoms with Crippen LogP contribution in [0.4, 0.5) is 0 Å². The average Bonchev–Trinajstić information content (AvgIpc) is 3.13. The van der Waals surface area contributed by atoms with Gasteiger partial charge in [-0.3, -0.25) is 9.59 Å². The van der Waals surface area contributed by atoms with E-state index in [1.54, 1.807) is 0 Å². The molecular weight excluding hydrogens is 434 g/mol. The van der Waals surface area contributed by atoms with E-state index >= 15 is 0 Å². The van der Waals surface area contributed by atoms with Crippen LogP contribution in [0.1, 0.15) is 130 Å². The van der Waals surface area contributed by atoms with E-state index in [0.717, 1.165) is 57.9 Å². The monoisotopic (exact) mass is 487 g/mol. The first kappa shape index (κ1) is 27.1. The second-order valence-electron chi connectivity index (χ2n) is 13.5. The summed E-state index contributed by atoms with van der Waals surface area (Å²) >= 11 is 0. The van der Waals surface area contributed by atoms with Crippen LogP contribution in [0.5, 0.6) is 0 Å². The summed E-state index contributed by atoms with van der Waals surface area (Å²) in [4.78, 5) is 27.7. The zero-order valence-electron chi connectivity index (χ0n) is 23.2. The highest BCUT2D eigenvalue weighted by atomic mass is 16.3. The van der Waals surface area contributed by atoms with Crippen molar-refractivity contribution < 1.29 is 14.7 Å². The van der Waals surface area contributed by atoms with E-state index in [9.17, 15) is 14.7 Å². The first-order valence-electron chi connectivity index (χ1n) is 15.2. The van der Waals surface area contributed by atoms with Gasteiger partial charge in [-0.15, -0.1) is 0 Å². The van der Waals surface area contributed by atoms with E-state index in [1.807, 2.05) is 4.90 Å². The number of fused-ring (bicyclic) bond motifs is 5. The van der Waals surface area contributed by atoms with Gasteiger partial charge in [0.1, 0.15) is 5.78 Å². The third-order valence-corrected chi connectivity index (χ3v) is 11.4. The highest BCUT2D eigenvalue weighted by Gasteiger charge is 2.61. The van der Waals surface area contributed by atoms with E-state index in [4.69, 9.17) is 0 Å². The summed E-state index contributed by atoms with van der Waals surface area (Å²) in [5.74, 6) is 3.27. The number of rotatable bonds is 10. The number of hydrogen-bond acceptors (Lipinski definition) is 3. The summed E-state index contributed by atoms with van der Waals surface area (Å²) in [5, 5.41) is 11.8. The van der Waals surface area contributed by atoms with Crippen LogP contribution >= 0.6 is 0 Å². The van der Waals surface area contributed by atoms with E-state index in [0.29, 0.717) is 42.4 Å². The summed E-state index contributed by atoms with van der Waals surface area (Å²) in [7, 11) is 0. The standard InChI is InChI=1S/C31H53NO3/c1-5-7-8-9-10-20-32(28(34)11-6-2)22-31(35)19-18-29(3)23(21-31)12-13-24-25-14-15-27(33)30(25,4)17-16-26(24)29/h23-26,35H,5-22H2,1-4H3/t23?,24-,25-,26-,29-,30-,31+/m0/s1. The number of hydrogen-bond donors (Lipinski definition) is 1. The summed E-state index contributed by atoms with van der Waals surface area (Å²) in [6, 6.07) is 0. The average molecular weight is 488 g/mol. The van der Waals surface area contributed by atoms with Crippen molar-refractivity contribution in [2.45, 2.75) is 136 Å². The molecule has 4 fully saturated rings. The molecule has 200 valence electrons. The molecule has 1 unspecified atom stereocenters. The molecule has 0 aliphatic heterocycles. The molecule has 1 N–H and O–H groups in total. The van der Waals surface area contributed by atoms with Crippen LogP contribution < -0.4 is 0 Å². The number of carbonyl (C=O) groups is 2. The fourth-order valence-electron chi connectivity index (χ4n) is 9.16. The van der Waals surface area contributed by atoms with Gasteiger partial charge in [-0.25, -0.2) is 0 Å². The molecule has 4 aliphatic carbocycles. The third-order valence-electron chi connectivity index (χ3n) is 11.4. The Bertz CT molecular complexity index is 766. The van der Waals surface area contributed by atoms with Gasteiger partial charge in [-0.05, 0) is 93.3 Å². The van der Waals surface area contributed by atoms with Crippen LogP contribution in [0.2, 0.25) is 0 Å². The molecule has 0 heterocycles. The van der Waals surface area contributed by atoms with Gasteiger partial charge in [0.2, 0.25) is 5.91 Å². The van der Waals surface area contributed by atoms with Crippen molar-refractivity contribution in [3.63, 3.8) is 0 Å². The minimum Gasteiger partial charge on any atom is -0.388 e. The Hall–Kier alpha value is -0.900. The van der Waals surface area contributed by atoms with E-state index in [-0.39, 0.29) is 16.7 Å². The molecule has 0 saturated heterocycles. The lowest BCUT2D eigenvalue weighted by Crippen LogP contribution is -2.58. The first-order chi connectivity index (χ1) is 16.7. The molecule has 4 saturated carbocycles. The van der Waals surface area contributed by atoms with Crippen molar-refractivity contribution in [1.29, 1.82) is 0 Å². The Kier molecular flexibility index (Phi) is 8.40. The van der Waals surface area contributed by atoms with Crippen molar-refractivity contribution in [3.05, 3.63) is 0 Å². The molecule has 0 bridgehead atoms. The van der Waals surface area contributed by atoms with Crippen molar-refractivity contribution in [3.8, 4) is 0 Å². The fraction of sp³-hybridized carbons (Fsp3) is 0.935. The normalized spacial score (nSPS) is 40.7. The van der Waals surface area contributed by atoms with Gasteiger partial charge in [-0.1, -0.05) is 53.4 Å². The van der Waals surface area contributed by atoms with Gasteiger partial charge in [-0.2, -0.15) is 0 Å². The molecule has 4 rings (SSSR count). The van der Waals surface area contributed by atoms with Crippen LogP contribution in [0.15, 0.2) is 0 Å². The van der Waals surface area contributed by atoms with E-state index in [1.165, 1.54) is 44.9 Å². The van der Waals surface area contributed by atoms with Crippen LogP contribution in [-0.4, -0.2) is 40.4 Å². The SMILES string of the molecule is CCCCCCCN(C[C@@]1(O)CC[C@@]2(C)C(CC[C@@H]3[C@@H]2CC[C@]2(C)C(=O)CC[C@@H]32)C1)C(=O)CCC. The highest BCUT2D eigenvalue weighted by molar-refractivity contribution is 5.87. The maximum atomic E-state index is 13.0. The lowest BCUT2D eigenvalue weighted by molar-refractivity contribution is -0.161. The van der Waals surface area contributed by atoms with Gasteiger partial charge in [0, 0.05) is 31.3 Å². The molecular formula is C31H53NO3. The van der Waals surface area contributed by atoms with Gasteiger partial charge >= 0.3 is 0 Å². The van der Waals surface area contributed by atoms with Crippen molar-refractivity contribution in [1.82, 2.24) is 4.90 Å². The first-order valence-corrected chi connectivity index (χ1v) is 15.2. The van der Waals surface area contributed by atoms with Gasteiger partial charge in [0.15, 0.2) is 0 Å². The van der Waals surface area contributed by atoms with E-state index in [2.05, 4.69) is 27.7 Å². The zero-order valence-corrected chi connectivity index (χ0v) is 23.2. The van der Waals surface area contributed by atoms with Crippen LogP contribution in [0, 0.1) is 34.5 Å². The van der Waals surface area contributed by atoms with Gasteiger partial charge < -0.3 is 10.0 Å². The smallest absolute Gasteiger partial charge is 0.222 e. The second kappa shape index (κ2) is 10.8. The maximum absolute atomic E-state index is 13.0. The summed E-state index contributed by atoms with van der Waals surface area (Å²) in [6.07, 6.45) is 16.7. The molecule has 7 atom stereocenters. The Labute approximate surface area is 215 Å². The van der Waals surface area contributed by atoms with Crippen molar-refractivity contribution >= 4 is 11.7 Å². The van der Waals surface area contributed by atoms with Crippen molar-refractivity contribution in [2.24, 2.45) is 34.5 Å². The van der Waals surface area contributed by atoms with Crippen LogP contribution in [0.25, 0.3) is 0 Å². The number of Topliss-reactive ketones (excluding diaryl/α,β-unsaturated/α-hetero) is 1. The Morgan fingerprint density at radius 2 is 1.71 bits per heavy atom. The maximum Gasteiger partial charge on any atom is 0.222 e. The summed E-state index contributed by atoms with van der Waals surface area (Å²) < 4.78 is 0. The van der Waals surface area contributed by atoms with E-state index < -0.39 is 5.60 Å². The topological polar surface area (TPSA) is 57.6 Å². The molecule has 4 aliphatic rings. The highest BCUT2D eigenvalue weighted by Crippen LogP contribution is 2.66. The number of unbranched alkanes of at least 4 members (excludes halogenated alkanes) is 4. The third kappa shape index (κ3) is 5.25. The molecule has 4 nitrogen and oxygen atoms in total. The second-order valence-corrected chi connectivity index (χ2v) is 13.5. The molecule has 0 spiro atoms. The minimum atomic E-state index is -0.740. The van der Waals surface area contributed by atoms with Gasteiger partial charge in [0.25, 0.3) is 0 Å². The Morgan fingerprint density at radius 3 is 2.46 bits per heavy atom. The van der Waals surface area contributed by atoms with Crippen LogP contribution in [0.3, 0.4) is 0 Å². The van der Waals surface area contributed by atoms with Crippen LogP contribution in [-0.2, 0) is 9.59 Å². The predicted molar refractivity (Wildman–Crippen MR) is 142 cm³/mol. The zero-order chi connectivity index (χ0) is 25.3. The summed E-state index contributed by atoms with van der Waals surface area (Å²) in [5.41, 5.74) is -0.520. The lowest BCUT2D eigenvalue weighted by Gasteiger charge is -2.61. The Morgan fingerprint density at radius 1 is 0.943 bits per heavy atom. The molecule has 35 heavy (non-hydrogen) atoms. The lowest BCUT2D eigenvalue weighted by atomic mass is 9.44. The number of carbonyl (C=O) groups excluding carboxylic acids is 2. The largest absolute Gasteiger partial charge is 0.388 e. The number of amides is 1. The minimum absolute atomic E-state index is 0.0585. The fourth-order valence-corrected chi connectivity index (χ4v) is 9.16. The number of ketones is 1.